The Bertz CT molecular complexity index is 797. The van der Waals surface area contributed by atoms with Crippen molar-refractivity contribution < 1.29 is 24.1 Å². The van der Waals surface area contributed by atoms with Crippen LogP contribution in [-0.2, 0) is 18.9 Å². The third-order valence-electron chi connectivity index (χ3n) is 13.5. The Hall–Kier alpha value is -0.200. The molecule has 0 radical (unpaired) electrons. The fourth-order valence-corrected chi connectivity index (χ4v) is 13.3. The molecule has 1 N–H and O–H groups in total. The molecule has 0 amide bonds. The third-order valence-corrected chi connectivity index (χ3v) is 13.5. The predicted molar refractivity (Wildman–Crippen MR) is 137 cm³/mol. The van der Waals surface area contributed by atoms with E-state index >= 15 is 0 Å². The van der Waals surface area contributed by atoms with E-state index in [1.807, 2.05) is 0 Å². The van der Waals surface area contributed by atoms with Crippen LogP contribution in [0.2, 0.25) is 0 Å². The van der Waals surface area contributed by atoms with Crippen molar-refractivity contribution in [1.82, 2.24) is 0 Å². The molecular weight excluding hydrogens is 464 g/mol. The van der Waals surface area contributed by atoms with E-state index in [0.717, 1.165) is 85.9 Å². The number of aliphatic hydroxyl groups is 1. The average Bonchev–Trinajstić information content (AvgIpc) is 2.80. The van der Waals surface area contributed by atoms with Crippen molar-refractivity contribution in [2.75, 3.05) is 13.6 Å². The molecule has 12 bridgehead atoms. The molecule has 2 unspecified atom stereocenters. The second-order valence-corrected chi connectivity index (χ2v) is 16.2. The Balaban J connectivity index is 0.848. The van der Waals surface area contributed by atoms with Crippen LogP contribution in [0.1, 0.15) is 103 Å². The zero-order valence-corrected chi connectivity index (χ0v) is 22.7. The summed E-state index contributed by atoms with van der Waals surface area (Å²) in [6.07, 6.45) is 20.3. The summed E-state index contributed by atoms with van der Waals surface area (Å²) < 4.78 is 26.6. The Kier molecular flexibility index (Phi) is 5.20. The molecule has 2 atom stereocenters. The van der Waals surface area contributed by atoms with Crippen molar-refractivity contribution in [1.29, 1.82) is 0 Å². The average molecular weight is 513 g/mol. The maximum absolute atomic E-state index is 11.6. The lowest BCUT2D eigenvalue weighted by Gasteiger charge is -2.64. The van der Waals surface area contributed by atoms with Crippen molar-refractivity contribution in [3.63, 3.8) is 0 Å². The first-order chi connectivity index (χ1) is 17.9. The first kappa shape index (κ1) is 23.5. The smallest absolute Gasteiger partial charge is 0.147 e. The molecular formula is C32H48O5. The first-order valence-corrected chi connectivity index (χ1v) is 16.2. The zero-order chi connectivity index (χ0) is 24.4. The topological polar surface area (TPSA) is 57.2 Å². The molecule has 5 heteroatoms. The van der Waals surface area contributed by atoms with Gasteiger partial charge in [0.25, 0.3) is 0 Å². The fraction of sp³-hybridized carbons (Fsp3) is 1.00. The van der Waals surface area contributed by atoms with Crippen LogP contribution in [0.3, 0.4) is 0 Å². The maximum atomic E-state index is 11.6. The summed E-state index contributed by atoms with van der Waals surface area (Å²) in [5.74, 6) is 7.42. The van der Waals surface area contributed by atoms with Crippen LogP contribution >= 0.6 is 0 Å². The summed E-state index contributed by atoms with van der Waals surface area (Å²) >= 11 is 0. The van der Waals surface area contributed by atoms with Crippen LogP contribution in [0.15, 0.2) is 0 Å². The van der Waals surface area contributed by atoms with Crippen LogP contribution < -0.4 is 0 Å². The van der Waals surface area contributed by atoms with E-state index in [9.17, 15) is 5.11 Å². The molecule has 12 rings (SSSR count). The van der Waals surface area contributed by atoms with Gasteiger partial charge in [0.05, 0.1) is 29.0 Å². The van der Waals surface area contributed by atoms with Gasteiger partial charge < -0.3 is 24.1 Å². The van der Waals surface area contributed by atoms with Gasteiger partial charge in [-0.3, -0.25) is 0 Å². The lowest BCUT2D eigenvalue weighted by molar-refractivity contribution is -0.318. The highest BCUT2D eigenvalue weighted by Gasteiger charge is 2.65. The summed E-state index contributed by atoms with van der Waals surface area (Å²) in [6, 6.07) is 0. The minimum absolute atomic E-state index is 0.289. The van der Waals surface area contributed by atoms with Crippen LogP contribution in [0.25, 0.3) is 0 Å². The molecule has 12 aliphatic carbocycles. The van der Waals surface area contributed by atoms with Crippen LogP contribution in [0.5, 0.6) is 0 Å². The van der Waals surface area contributed by atoms with Gasteiger partial charge in [-0.05, 0) is 137 Å². The monoisotopic (exact) mass is 512 g/mol. The molecule has 0 aliphatic heterocycles. The second-order valence-electron chi connectivity index (χ2n) is 16.2. The minimum atomic E-state index is -0.648. The van der Waals surface area contributed by atoms with Crippen molar-refractivity contribution >= 4 is 0 Å². The van der Waals surface area contributed by atoms with E-state index in [2.05, 4.69) is 0 Å². The quantitative estimate of drug-likeness (QED) is 0.415. The fourth-order valence-electron chi connectivity index (χ4n) is 13.3. The van der Waals surface area contributed by atoms with Crippen LogP contribution in [0.4, 0.5) is 0 Å². The molecule has 0 aromatic rings. The van der Waals surface area contributed by atoms with Crippen LogP contribution in [-0.4, -0.2) is 47.7 Å². The third kappa shape index (κ3) is 3.87. The number of ether oxygens (including phenoxy) is 4. The normalized spacial score (nSPS) is 60.1. The van der Waals surface area contributed by atoms with Gasteiger partial charge in [0.15, 0.2) is 0 Å². The summed E-state index contributed by atoms with van der Waals surface area (Å²) in [6.45, 7) is 0.798. The Morgan fingerprint density at radius 1 is 0.486 bits per heavy atom. The Morgan fingerprint density at radius 3 is 1.27 bits per heavy atom. The number of rotatable bonds is 8. The Morgan fingerprint density at radius 2 is 0.892 bits per heavy atom. The summed E-state index contributed by atoms with van der Waals surface area (Å²) in [7, 11) is 0. The van der Waals surface area contributed by atoms with Gasteiger partial charge in [0, 0.05) is 19.3 Å². The molecule has 0 aromatic carbocycles. The van der Waals surface area contributed by atoms with Crippen molar-refractivity contribution in [2.24, 2.45) is 53.3 Å². The van der Waals surface area contributed by atoms with E-state index < -0.39 is 5.60 Å². The van der Waals surface area contributed by atoms with E-state index in [1.165, 1.54) is 64.2 Å². The lowest BCUT2D eigenvalue weighted by Crippen LogP contribution is -2.67. The van der Waals surface area contributed by atoms with Gasteiger partial charge in [-0.1, -0.05) is 0 Å². The van der Waals surface area contributed by atoms with Gasteiger partial charge in [0.2, 0.25) is 0 Å². The molecule has 206 valence electrons. The van der Waals surface area contributed by atoms with Gasteiger partial charge in [-0.15, -0.1) is 0 Å². The standard InChI is InChI=1S/C32H48O5/c33-30-11-23-12-31(14-30,36-17-34-28-24-3-19-1-20(5-24)6-25(28)4-19)16-32(13-23,15-30)37-18-35-29-26-7-21-2-22(9-26)10-27(29)8-21/h19-29,33H,1-18H2. The number of hydrogen-bond acceptors (Lipinski definition) is 5. The van der Waals surface area contributed by atoms with Crippen molar-refractivity contribution in [2.45, 2.75) is 132 Å². The molecule has 37 heavy (non-hydrogen) atoms. The van der Waals surface area contributed by atoms with E-state index in [-0.39, 0.29) is 11.2 Å². The van der Waals surface area contributed by atoms with E-state index in [0.29, 0.717) is 31.7 Å². The molecule has 0 aromatic heterocycles. The van der Waals surface area contributed by atoms with Crippen molar-refractivity contribution in [3.8, 4) is 0 Å². The number of hydrogen-bond donors (Lipinski definition) is 1. The second kappa shape index (κ2) is 8.18. The highest BCUT2D eigenvalue weighted by Crippen LogP contribution is 2.62. The molecule has 0 spiro atoms. The predicted octanol–water partition coefficient (Wildman–Crippen LogP) is 5.82. The Labute approximate surface area is 222 Å². The van der Waals surface area contributed by atoms with Crippen molar-refractivity contribution in [3.05, 3.63) is 0 Å². The first-order valence-electron chi connectivity index (χ1n) is 16.2. The molecule has 5 nitrogen and oxygen atoms in total. The highest BCUT2D eigenvalue weighted by molar-refractivity contribution is 5.16. The van der Waals surface area contributed by atoms with E-state index in [1.54, 1.807) is 0 Å². The highest BCUT2D eigenvalue weighted by atomic mass is 16.7. The summed E-state index contributed by atoms with van der Waals surface area (Å²) in [5, 5.41) is 11.6. The molecule has 12 saturated carbocycles. The maximum Gasteiger partial charge on any atom is 0.147 e. The van der Waals surface area contributed by atoms with Gasteiger partial charge in [-0.25, -0.2) is 0 Å². The van der Waals surface area contributed by atoms with E-state index in [4.69, 9.17) is 18.9 Å². The molecule has 0 heterocycles. The lowest BCUT2D eigenvalue weighted by atomic mass is 9.50. The van der Waals surface area contributed by atoms with Gasteiger partial charge >= 0.3 is 0 Å². The molecule has 12 aliphatic rings. The molecule has 0 saturated heterocycles. The van der Waals surface area contributed by atoms with Crippen LogP contribution in [0, 0.1) is 53.3 Å². The molecule has 12 fully saturated rings. The summed E-state index contributed by atoms with van der Waals surface area (Å²) in [4.78, 5) is 0. The summed E-state index contributed by atoms with van der Waals surface area (Å²) in [5.41, 5.74) is -1.23. The minimum Gasteiger partial charge on any atom is -0.390 e. The SMILES string of the molecule is OC12CC3CC(OCOC4C5CC6CC(C5)CC4C6)(C1)CC(OCOC1C4CC5CC(C4)CC1C5)(C3)C2. The van der Waals surface area contributed by atoms with Gasteiger partial charge in [-0.2, -0.15) is 0 Å². The van der Waals surface area contributed by atoms with Gasteiger partial charge in [0.1, 0.15) is 13.6 Å². The zero-order valence-electron chi connectivity index (χ0n) is 22.7. The largest absolute Gasteiger partial charge is 0.390 e.